The van der Waals surface area contributed by atoms with E-state index in [0.29, 0.717) is 0 Å². The molecule has 4 rings (SSSR count). The molecule has 0 heterocycles. The van der Waals surface area contributed by atoms with E-state index in [1.165, 1.54) is 29.7 Å². The maximum atomic E-state index is 2.34. The van der Waals surface area contributed by atoms with Crippen molar-refractivity contribution in [1.29, 1.82) is 0 Å². The molecule has 0 saturated heterocycles. The first kappa shape index (κ1) is 16.9. The van der Waals surface area contributed by atoms with Gasteiger partial charge >= 0.3 is 161 Å². The Balaban J connectivity index is 1.95. The van der Waals surface area contributed by atoms with Crippen LogP contribution in [0.15, 0.2) is 109 Å². The Morgan fingerprint density at radius 3 is 1.50 bits per heavy atom. The number of benzene rings is 4. The van der Waals surface area contributed by atoms with Crippen LogP contribution in [-0.4, -0.2) is 14.7 Å². The molecule has 0 spiro atoms. The van der Waals surface area contributed by atoms with Gasteiger partial charge in [0, 0.05) is 0 Å². The van der Waals surface area contributed by atoms with Crippen LogP contribution in [0.2, 0.25) is 0 Å². The molecule has 0 radical (unpaired) electrons. The summed E-state index contributed by atoms with van der Waals surface area (Å²) in [6.07, 6.45) is 0. The van der Waals surface area contributed by atoms with Crippen LogP contribution in [0.3, 0.4) is 0 Å². The fourth-order valence-corrected chi connectivity index (χ4v) is 8.53. The average molecular weight is 396 g/mol. The van der Waals surface area contributed by atoms with Crippen molar-refractivity contribution in [2.24, 2.45) is 0 Å². The van der Waals surface area contributed by atoms with Crippen LogP contribution in [0.5, 0.6) is 0 Å². The summed E-state index contributed by atoms with van der Waals surface area (Å²) in [5.74, 6) is 0. The van der Waals surface area contributed by atoms with Gasteiger partial charge in [-0.3, -0.25) is 0 Å². The van der Waals surface area contributed by atoms with Crippen LogP contribution < -0.4 is 13.1 Å². The van der Waals surface area contributed by atoms with Crippen LogP contribution >= 0.6 is 0 Å². The zero-order chi connectivity index (χ0) is 17.8. The Labute approximate surface area is 160 Å². The average Bonchev–Trinajstić information content (AvgIpc) is 2.71. The Bertz CT molecular complexity index is 951. The number of hydrogen-bond acceptors (Lipinski definition) is 0. The Morgan fingerprint density at radius 1 is 0.462 bits per heavy atom. The van der Waals surface area contributed by atoms with Crippen LogP contribution in [0.4, 0.5) is 0 Å². The molecule has 0 unspecified atom stereocenters. The van der Waals surface area contributed by atoms with Crippen LogP contribution in [0.1, 0.15) is 5.56 Å². The Kier molecular flexibility index (Phi) is 5.04. The quantitative estimate of drug-likeness (QED) is 0.454. The predicted molar refractivity (Wildman–Crippen MR) is 114 cm³/mol. The molecule has 0 aliphatic rings. The minimum atomic E-state index is -1.63. The van der Waals surface area contributed by atoms with Gasteiger partial charge in [0.25, 0.3) is 0 Å². The summed E-state index contributed by atoms with van der Waals surface area (Å²) < 4.78 is 4.42. The number of rotatable bonds is 4. The molecule has 0 bridgehead atoms. The molecule has 4 aromatic rings. The molecule has 1 heteroatoms. The summed E-state index contributed by atoms with van der Waals surface area (Å²) in [6, 6.07) is 39.7. The normalized spacial score (nSPS) is 10.8. The Hall–Kier alpha value is -2.56. The van der Waals surface area contributed by atoms with Gasteiger partial charge in [-0.05, 0) is 0 Å². The zero-order valence-corrected chi connectivity index (χ0v) is 16.7. The molecule has 0 amide bonds. The van der Waals surface area contributed by atoms with Gasteiger partial charge in [0.2, 0.25) is 0 Å². The van der Waals surface area contributed by atoms with Crippen molar-refractivity contribution in [2.45, 2.75) is 6.92 Å². The third-order valence-corrected chi connectivity index (χ3v) is 9.86. The minimum absolute atomic E-state index is 1.33. The van der Waals surface area contributed by atoms with Crippen LogP contribution in [-0.2, 0) is 0 Å². The molecule has 0 aliphatic carbocycles. The number of aryl methyl sites for hydroxylation is 1. The topological polar surface area (TPSA) is 0 Å². The monoisotopic (exact) mass is 396 g/mol. The van der Waals surface area contributed by atoms with Gasteiger partial charge in [-0.25, -0.2) is 0 Å². The molecule has 0 atom stereocenters. The summed E-state index contributed by atoms with van der Waals surface area (Å²) in [7, 11) is 0. The van der Waals surface area contributed by atoms with Crippen LogP contribution in [0, 0.1) is 6.92 Å². The summed E-state index contributed by atoms with van der Waals surface area (Å²) >= 11 is -1.63. The second-order valence-electron chi connectivity index (χ2n) is 6.34. The summed E-state index contributed by atoms with van der Waals surface area (Å²) in [5, 5.41) is 0. The third kappa shape index (κ3) is 3.38. The van der Waals surface area contributed by atoms with E-state index in [1.807, 2.05) is 0 Å². The van der Waals surface area contributed by atoms with E-state index in [4.69, 9.17) is 0 Å². The summed E-state index contributed by atoms with van der Waals surface area (Å²) in [4.78, 5) is 0. The molecule has 0 aliphatic heterocycles. The maximum absolute atomic E-state index is 2.34. The predicted octanol–water partition coefficient (Wildman–Crippen LogP) is 4.18. The van der Waals surface area contributed by atoms with Crippen molar-refractivity contribution < 1.29 is 0 Å². The molecule has 4 aromatic carbocycles. The molecular weight excluding hydrogens is 375 g/mol. The van der Waals surface area contributed by atoms with E-state index < -0.39 is 14.7 Å². The van der Waals surface area contributed by atoms with Crippen molar-refractivity contribution in [3.8, 4) is 11.1 Å². The number of hydrogen-bond donors (Lipinski definition) is 0. The van der Waals surface area contributed by atoms with Gasteiger partial charge in [0.15, 0.2) is 0 Å². The van der Waals surface area contributed by atoms with E-state index in [9.17, 15) is 0 Å². The molecule has 0 fully saturated rings. The van der Waals surface area contributed by atoms with Crippen molar-refractivity contribution >= 4 is 27.7 Å². The molecule has 26 heavy (non-hydrogen) atoms. The van der Waals surface area contributed by atoms with E-state index in [0.717, 1.165) is 0 Å². The standard InChI is InChI=1S/C25H21As/c1-20-12-8-9-17-23(20)24-18-10-11-19-25(24)26(21-13-4-2-5-14-21)22-15-6-3-7-16-22/h2-19H,1H3. The molecule has 0 N–H and O–H groups in total. The fourth-order valence-electron chi connectivity index (χ4n) is 3.35. The first-order valence-corrected chi connectivity index (χ1v) is 11.7. The zero-order valence-electron chi connectivity index (χ0n) is 14.8. The van der Waals surface area contributed by atoms with Gasteiger partial charge in [-0.2, -0.15) is 0 Å². The van der Waals surface area contributed by atoms with Crippen LogP contribution in [0.25, 0.3) is 11.1 Å². The molecule has 126 valence electrons. The molecule has 0 saturated carbocycles. The Morgan fingerprint density at radius 2 is 0.923 bits per heavy atom. The van der Waals surface area contributed by atoms with E-state index in [1.54, 1.807) is 0 Å². The molecule has 0 nitrogen and oxygen atoms in total. The van der Waals surface area contributed by atoms with E-state index in [2.05, 4.69) is 116 Å². The van der Waals surface area contributed by atoms with Crippen molar-refractivity contribution in [3.05, 3.63) is 115 Å². The first-order chi connectivity index (χ1) is 12.8. The van der Waals surface area contributed by atoms with Gasteiger partial charge < -0.3 is 0 Å². The summed E-state index contributed by atoms with van der Waals surface area (Å²) in [6.45, 7) is 2.20. The molecular formula is C25H21As. The SMILES string of the molecule is Cc1ccccc1-c1ccccc1[As](c1ccccc1)c1ccccc1. The van der Waals surface area contributed by atoms with Crippen molar-refractivity contribution in [1.82, 2.24) is 0 Å². The van der Waals surface area contributed by atoms with Gasteiger partial charge in [0.05, 0.1) is 0 Å². The third-order valence-electron chi connectivity index (χ3n) is 4.61. The van der Waals surface area contributed by atoms with Crippen molar-refractivity contribution in [3.63, 3.8) is 0 Å². The van der Waals surface area contributed by atoms with E-state index >= 15 is 0 Å². The van der Waals surface area contributed by atoms with E-state index in [-0.39, 0.29) is 0 Å². The van der Waals surface area contributed by atoms with Gasteiger partial charge in [-0.1, -0.05) is 0 Å². The van der Waals surface area contributed by atoms with Gasteiger partial charge in [0.1, 0.15) is 0 Å². The summed E-state index contributed by atoms with van der Waals surface area (Å²) in [5.41, 5.74) is 4.04. The van der Waals surface area contributed by atoms with Crippen molar-refractivity contribution in [2.75, 3.05) is 0 Å². The second kappa shape index (κ2) is 7.77. The second-order valence-corrected chi connectivity index (χ2v) is 10.9. The van der Waals surface area contributed by atoms with Gasteiger partial charge in [-0.15, -0.1) is 0 Å². The fraction of sp³-hybridized carbons (Fsp3) is 0.0400. The first-order valence-electron chi connectivity index (χ1n) is 8.90. The molecule has 0 aromatic heterocycles.